The zero-order valence-corrected chi connectivity index (χ0v) is 34.6. The summed E-state index contributed by atoms with van der Waals surface area (Å²) in [6.07, 6.45) is 3.17. The number of carbonyl (C=O) groups is 1. The number of aliphatic hydroxyl groups excluding tert-OH is 1. The Hall–Kier alpha value is -3.42. The molecule has 3 nitrogen and oxygen atoms in total. The van der Waals surface area contributed by atoms with E-state index in [2.05, 4.69) is 139 Å². The van der Waals surface area contributed by atoms with E-state index in [1.165, 1.54) is 79.6 Å². The van der Waals surface area contributed by atoms with E-state index in [0.717, 1.165) is 11.3 Å². The molecule has 0 spiro atoms. The van der Waals surface area contributed by atoms with E-state index < -0.39 is 16.1 Å². The molecule has 6 rings (SSSR count). The van der Waals surface area contributed by atoms with Crippen molar-refractivity contribution in [2.24, 2.45) is 0 Å². The SMILES string of the molecule is CC(=O)/C=C(/C)O.Cc1cc([Si](C)(C)C)ccc1-c1ccc2c(c1)[Si](C)(C)c1c-2ccnc1-c1[c-]c2ccccc2c(C(C)(C)C)c1.[Ir]. The Morgan fingerprint density at radius 1 is 0.896 bits per heavy atom. The zero-order chi connectivity index (χ0) is 34.5. The second kappa shape index (κ2) is 13.8. The van der Waals surface area contributed by atoms with Gasteiger partial charge in [-0.2, -0.15) is 0 Å². The second-order valence-electron chi connectivity index (χ2n) is 15.5. The number of aliphatic hydroxyl groups is 1. The molecule has 1 N–H and O–H groups in total. The van der Waals surface area contributed by atoms with Crippen molar-refractivity contribution >= 4 is 48.3 Å². The monoisotopic (exact) mass is 847 g/mol. The zero-order valence-electron chi connectivity index (χ0n) is 30.2. The molecule has 6 heteroatoms. The van der Waals surface area contributed by atoms with Gasteiger partial charge in [0.15, 0.2) is 5.78 Å². The van der Waals surface area contributed by atoms with E-state index in [4.69, 9.17) is 10.1 Å². The van der Waals surface area contributed by atoms with Gasteiger partial charge in [-0.3, -0.25) is 9.78 Å². The number of carbonyl (C=O) groups excluding carboxylic acids is 1. The van der Waals surface area contributed by atoms with E-state index in [9.17, 15) is 4.79 Å². The van der Waals surface area contributed by atoms with Gasteiger partial charge in [-0.15, -0.1) is 29.1 Å². The molecule has 0 saturated heterocycles. The van der Waals surface area contributed by atoms with Crippen LogP contribution in [0.2, 0.25) is 32.7 Å². The molecular formula is C42H48IrNO2Si2-. The van der Waals surface area contributed by atoms with Gasteiger partial charge in [-0.05, 0) is 65.3 Å². The van der Waals surface area contributed by atoms with Gasteiger partial charge in [0.25, 0.3) is 0 Å². The summed E-state index contributed by atoms with van der Waals surface area (Å²) in [4.78, 5) is 15.1. The summed E-state index contributed by atoms with van der Waals surface area (Å²) >= 11 is 0. The van der Waals surface area contributed by atoms with Gasteiger partial charge in [-0.25, -0.2) is 0 Å². The van der Waals surface area contributed by atoms with E-state index >= 15 is 0 Å². The molecular weight excluding hydrogens is 799 g/mol. The quantitative estimate of drug-likeness (QED) is 0.0850. The minimum Gasteiger partial charge on any atom is -0.512 e. The normalized spacial score (nSPS) is 13.6. The number of hydrogen-bond acceptors (Lipinski definition) is 3. The molecule has 48 heavy (non-hydrogen) atoms. The number of benzene rings is 4. The van der Waals surface area contributed by atoms with E-state index in [1.54, 1.807) is 0 Å². The summed E-state index contributed by atoms with van der Waals surface area (Å²) in [5.74, 6) is -0.0625. The van der Waals surface area contributed by atoms with Gasteiger partial charge >= 0.3 is 0 Å². The molecule has 4 aromatic carbocycles. The summed E-state index contributed by atoms with van der Waals surface area (Å²) in [5, 5.41) is 15.3. The number of fused-ring (bicyclic) bond motifs is 4. The van der Waals surface area contributed by atoms with Crippen molar-refractivity contribution in [3.63, 3.8) is 0 Å². The maximum absolute atomic E-state index is 10.0. The van der Waals surface area contributed by atoms with Gasteiger partial charge in [0.2, 0.25) is 0 Å². The van der Waals surface area contributed by atoms with Crippen LogP contribution in [-0.4, -0.2) is 32.0 Å². The molecule has 0 atom stereocenters. The fraction of sp³-hybridized carbons (Fsp3) is 0.286. The molecule has 0 unspecified atom stereocenters. The van der Waals surface area contributed by atoms with Gasteiger partial charge in [0, 0.05) is 38.1 Å². The van der Waals surface area contributed by atoms with Gasteiger partial charge in [0.05, 0.1) is 13.8 Å². The first-order valence-corrected chi connectivity index (χ1v) is 23.0. The standard InChI is InChI=1S/C37H40NSi2.C5H8O2.Ir/c1-24-20-28(39(5,6)7)15-17-29(24)26-14-16-31-32-18-19-38-35(36(32)40(8,9)34(31)23-26)27-21-25-12-10-11-13-30(25)33(22-27)37(2,3)4;1-4(6)3-5(2)7;/h10-20,22-23H,1-9H3;3,6H,1-2H3;/q-1;;/b;4-3-;. The maximum atomic E-state index is 10.0. The summed E-state index contributed by atoms with van der Waals surface area (Å²) < 4.78 is 0. The van der Waals surface area contributed by atoms with Crippen LogP contribution in [0.1, 0.15) is 45.7 Å². The number of aryl methyl sites for hydroxylation is 1. The van der Waals surface area contributed by atoms with Crippen LogP contribution in [0.25, 0.3) is 44.3 Å². The van der Waals surface area contributed by atoms with Crippen LogP contribution in [0.5, 0.6) is 0 Å². The molecule has 0 fully saturated rings. The molecule has 251 valence electrons. The average molecular weight is 847 g/mol. The predicted octanol–water partition coefficient (Wildman–Crippen LogP) is 9.36. The van der Waals surface area contributed by atoms with Crippen molar-refractivity contribution in [1.82, 2.24) is 4.98 Å². The van der Waals surface area contributed by atoms with Crippen LogP contribution in [0.3, 0.4) is 0 Å². The second-order valence-corrected chi connectivity index (χ2v) is 24.9. The first kappa shape index (κ1) is 37.4. The van der Waals surface area contributed by atoms with Gasteiger partial charge in [-0.1, -0.05) is 129 Å². The third kappa shape index (κ3) is 7.43. The first-order valence-electron chi connectivity index (χ1n) is 16.5. The number of aromatic nitrogens is 1. The van der Waals surface area contributed by atoms with E-state index in [1.807, 2.05) is 6.20 Å². The van der Waals surface area contributed by atoms with Crippen LogP contribution in [0.4, 0.5) is 0 Å². The number of rotatable bonds is 4. The maximum Gasteiger partial charge on any atom is 0.155 e. The third-order valence-corrected chi connectivity index (χ3v) is 14.8. The molecule has 5 aromatic rings. The summed E-state index contributed by atoms with van der Waals surface area (Å²) in [6.45, 7) is 24.3. The summed E-state index contributed by atoms with van der Waals surface area (Å²) in [7, 11) is -3.38. The van der Waals surface area contributed by atoms with E-state index in [0.29, 0.717) is 0 Å². The topological polar surface area (TPSA) is 50.2 Å². The summed E-state index contributed by atoms with van der Waals surface area (Å²) in [6, 6.07) is 31.4. The molecule has 1 aliphatic heterocycles. The molecule has 1 radical (unpaired) electrons. The number of hydrogen-bond donors (Lipinski definition) is 1. The molecule has 2 heterocycles. The van der Waals surface area contributed by atoms with Gasteiger partial charge in [0.1, 0.15) is 8.07 Å². The fourth-order valence-corrected chi connectivity index (χ4v) is 11.4. The van der Waals surface area contributed by atoms with Crippen molar-refractivity contribution in [2.45, 2.75) is 79.7 Å². The minimum atomic E-state index is -2.04. The van der Waals surface area contributed by atoms with Crippen molar-refractivity contribution in [1.29, 1.82) is 0 Å². The molecule has 0 amide bonds. The largest absolute Gasteiger partial charge is 0.512 e. The number of pyridine rings is 1. The number of nitrogens with zero attached hydrogens (tertiary/aromatic N) is 1. The van der Waals surface area contributed by atoms with Crippen molar-refractivity contribution < 1.29 is 30.0 Å². The molecule has 0 bridgehead atoms. The Bertz CT molecular complexity index is 2040. The molecule has 0 aliphatic carbocycles. The average Bonchev–Trinajstić information content (AvgIpc) is 3.21. The Kier molecular flexibility index (Phi) is 10.8. The summed E-state index contributed by atoms with van der Waals surface area (Å²) in [5.41, 5.74) is 10.4. The van der Waals surface area contributed by atoms with Crippen LogP contribution >= 0.6 is 0 Å². The fourth-order valence-electron chi connectivity index (χ4n) is 6.85. The predicted molar refractivity (Wildman–Crippen MR) is 207 cm³/mol. The third-order valence-electron chi connectivity index (χ3n) is 9.21. The van der Waals surface area contributed by atoms with Crippen LogP contribution in [0, 0.1) is 13.0 Å². The minimum absolute atomic E-state index is 0. The van der Waals surface area contributed by atoms with Crippen LogP contribution in [-0.2, 0) is 30.3 Å². The van der Waals surface area contributed by atoms with E-state index in [-0.39, 0.29) is 37.1 Å². The molecule has 0 saturated carbocycles. The molecule has 1 aromatic heterocycles. The van der Waals surface area contributed by atoms with Crippen LogP contribution in [0.15, 0.2) is 90.8 Å². The Morgan fingerprint density at radius 2 is 1.56 bits per heavy atom. The Labute approximate surface area is 302 Å². The van der Waals surface area contributed by atoms with Crippen molar-refractivity contribution in [3.05, 3.63) is 108 Å². The number of allylic oxidation sites excluding steroid dienone is 2. The Balaban J connectivity index is 0.000000589. The van der Waals surface area contributed by atoms with Gasteiger partial charge < -0.3 is 5.11 Å². The molecule has 1 aliphatic rings. The first-order chi connectivity index (χ1) is 21.9. The number of ketones is 1. The Morgan fingerprint density at radius 3 is 2.15 bits per heavy atom. The van der Waals surface area contributed by atoms with Crippen molar-refractivity contribution in [2.75, 3.05) is 0 Å². The smallest absolute Gasteiger partial charge is 0.155 e. The van der Waals surface area contributed by atoms with Crippen LogP contribution < -0.4 is 15.6 Å². The van der Waals surface area contributed by atoms with Crippen molar-refractivity contribution in [3.8, 4) is 33.5 Å².